The number of allylic oxidation sites excluding steroid dienone is 1. The maximum Gasteiger partial charge on any atom is -0.0178 e. The van der Waals surface area contributed by atoms with Crippen LogP contribution in [0.25, 0.3) is 17.2 Å². The first-order chi connectivity index (χ1) is 7.40. The van der Waals surface area contributed by atoms with Gasteiger partial charge in [0.25, 0.3) is 0 Å². The van der Waals surface area contributed by atoms with Gasteiger partial charge in [-0.1, -0.05) is 60.7 Å². The van der Waals surface area contributed by atoms with E-state index in [1.54, 1.807) is 0 Å². The summed E-state index contributed by atoms with van der Waals surface area (Å²) in [6.07, 6.45) is 3.82. The highest BCUT2D eigenvalue weighted by Crippen LogP contribution is 2.20. The van der Waals surface area contributed by atoms with Gasteiger partial charge in [0.15, 0.2) is 0 Å². The molecule has 0 N–H and O–H groups in total. The van der Waals surface area contributed by atoms with Crippen molar-refractivity contribution in [3.63, 3.8) is 0 Å². The van der Waals surface area contributed by atoms with E-state index in [-0.39, 0.29) is 0 Å². The van der Waals surface area contributed by atoms with Crippen molar-refractivity contribution >= 4 is 6.08 Å². The van der Waals surface area contributed by atoms with E-state index in [1.165, 1.54) is 16.7 Å². The van der Waals surface area contributed by atoms with Gasteiger partial charge in [-0.25, -0.2) is 0 Å². The van der Waals surface area contributed by atoms with Crippen molar-refractivity contribution < 1.29 is 0 Å². The third-order valence-corrected chi connectivity index (χ3v) is 2.30. The minimum absolute atomic E-state index is 1.19. The topological polar surface area (TPSA) is 0 Å². The van der Waals surface area contributed by atoms with Crippen LogP contribution >= 0.6 is 0 Å². The lowest BCUT2D eigenvalue weighted by Crippen LogP contribution is -1.78. The molecule has 0 spiro atoms. The Kier molecular flexibility index (Phi) is 2.99. The van der Waals surface area contributed by atoms with E-state index in [1.807, 2.05) is 18.2 Å². The largest absolute Gasteiger partial charge is 0.0836 e. The summed E-state index contributed by atoms with van der Waals surface area (Å²) in [6.45, 7) is 3.70. The first-order valence-electron chi connectivity index (χ1n) is 5.01. The van der Waals surface area contributed by atoms with Gasteiger partial charge in [-0.05, 0) is 29.7 Å². The molecule has 0 aromatic heterocycles. The number of hydrogen-bond acceptors (Lipinski definition) is 0. The molecule has 0 heterocycles. The maximum atomic E-state index is 3.70. The molecule has 0 amide bonds. The molecule has 2 aromatic rings. The van der Waals surface area contributed by atoms with Crippen LogP contribution in [0.5, 0.6) is 0 Å². The predicted molar refractivity (Wildman–Crippen MR) is 66.3 cm³/mol. The van der Waals surface area contributed by atoms with Crippen LogP contribution in [-0.2, 0) is 0 Å². The molecule has 2 rings (SSSR count). The van der Waals surface area contributed by atoms with Crippen molar-refractivity contribution in [2.45, 2.75) is 0 Å². The second kappa shape index (κ2) is 4.61. The zero-order chi connectivity index (χ0) is 10.5. The fraction of sp³-hybridized carbons (Fsp3) is 0. The Morgan fingerprint density at radius 3 is 2.27 bits per heavy atom. The van der Waals surface area contributed by atoms with Gasteiger partial charge >= 0.3 is 0 Å². The summed E-state index contributed by atoms with van der Waals surface area (Å²) in [7, 11) is 0. The molecule has 2 aromatic carbocycles. The summed E-state index contributed by atoms with van der Waals surface area (Å²) < 4.78 is 0. The molecule has 0 aliphatic heterocycles. The Balaban J connectivity index is 2.41. The van der Waals surface area contributed by atoms with Gasteiger partial charge in [-0.2, -0.15) is 0 Å². The van der Waals surface area contributed by atoms with Crippen molar-refractivity contribution in [2.24, 2.45) is 0 Å². The van der Waals surface area contributed by atoms with E-state index < -0.39 is 0 Å². The third-order valence-electron chi connectivity index (χ3n) is 2.30. The first-order valence-corrected chi connectivity index (χ1v) is 5.01. The predicted octanol–water partition coefficient (Wildman–Crippen LogP) is 4.20. The van der Waals surface area contributed by atoms with Crippen LogP contribution in [0.15, 0.2) is 60.7 Å². The van der Waals surface area contributed by atoms with E-state index in [0.29, 0.717) is 0 Å². The zero-order valence-electron chi connectivity index (χ0n) is 8.56. The second-order valence-corrected chi connectivity index (χ2v) is 3.39. The average Bonchev–Trinajstić information content (AvgIpc) is 2.31. The minimum atomic E-state index is 1.19. The van der Waals surface area contributed by atoms with Crippen molar-refractivity contribution in [1.29, 1.82) is 0 Å². The molecular formula is C15H13. The summed E-state index contributed by atoms with van der Waals surface area (Å²) in [4.78, 5) is 0. The van der Waals surface area contributed by atoms with E-state index in [0.717, 1.165) is 0 Å². The molecular weight excluding hydrogens is 180 g/mol. The average molecular weight is 193 g/mol. The van der Waals surface area contributed by atoms with Crippen molar-refractivity contribution in [1.82, 2.24) is 0 Å². The molecule has 73 valence electrons. The van der Waals surface area contributed by atoms with Crippen LogP contribution in [0.4, 0.5) is 0 Å². The fourth-order valence-corrected chi connectivity index (χ4v) is 1.59. The SMILES string of the molecule is [CH2]C=Cc1cccc(-c2ccccc2)c1. The molecule has 0 fully saturated rings. The van der Waals surface area contributed by atoms with Gasteiger partial charge in [0.1, 0.15) is 0 Å². The Morgan fingerprint density at radius 1 is 0.800 bits per heavy atom. The van der Waals surface area contributed by atoms with Gasteiger partial charge in [0.05, 0.1) is 0 Å². The molecule has 0 aliphatic carbocycles. The fourth-order valence-electron chi connectivity index (χ4n) is 1.59. The molecule has 0 atom stereocenters. The van der Waals surface area contributed by atoms with Gasteiger partial charge in [-0.15, -0.1) is 0 Å². The number of benzene rings is 2. The number of hydrogen-bond donors (Lipinski definition) is 0. The van der Waals surface area contributed by atoms with Crippen molar-refractivity contribution in [2.75, 3.05) is 0 Å². The zero-order valence-corrected chi connectivity index (χ0v) is 8.56. The van der Waals surface area contributed by atoms with Crippen LogP contribution in [-0.4, -0.2) is 0 Å². The summed E-state index contributed by atoms with van der Waals surface area (Å²) >= 11 is 0. The summed E-state index contributed by atoms with van der Waals surface area (Å²) in [5, 5.41) is 0. The van der Waals surface area contributed by atoms with Crippen LogP contribution in [0.1, 0.15) is 5.56 Å². The van der Waals surface area contributed by atoms with Crippen LogP contribution in [0, 0.1) is 6.92 Å². The van der Waals surface area contributed by atoms with E-state index in [2.05, 4.69) is 55.5 Å². The third kappa shape index (κ3) is 2.35. The molecule has 1 radical (unpaired) electrons. The molecule has 0 unspecified atom stereocenters. The maximum absolute atomic E-state index is 3.70. The Labute approximate surface area is 90.9 Å². The van der Waals surface area contributed by atoms with Gasteiger partial charge < -0.3 is 0 Å². The standard InChI is InChI=1S/C15H13/c1-2-7-13-8-6-11-15(12-13)14-9-4-3-5-10-14/h2-12H,1H2. The lowest BCUT2D eigenvalue weighted by atomic mass is 10.0. The van der Waals surface area contributed by atoms with E-state index in [9.17, 15) is 0 Å². The van der Waals surface area contributed by atoms with E-state index in [4.69, 9.17) is 0 Å². The Bertz CT molecular complexity index is 452. The molecule has 0 saturated carbocycles. The van der Waals surface area contributed by atoms with Crippen LogP contribution in [0.3, 0.4) is 0 Å². The van der Waals surface area contributed by atoms with Gasteiger partial charge in [0.2, 0.25) is 0 Å². The van der Waals surface area contributed by atoms with Crippen LogP contribution < -0.4 is 0 Å². The lowest BCUT2D eigenvalue weighted by Gasteiger charge is -2.02. The molecule has 0 nitrogen and oxygen atoms in total. The van der Waals surface area contributed by atoms with Crippen molar-refractivity contribution in [3.05, 3.63) is 73.2 Å². The first kappa shape index (κ1) is 9.72. The number of rotatable bonds is 2. The summed E-state index contributed by atoms with van der Waals surface area (Å²) in [6, 6.07) is 18.8. The molecule has 0 aliphatic rings. The minimum Gasteiger partial charge on any atom is -0.0836 e. The highest BCUT2D eigenvalue weighted by atomic mass is 14.0. The van der Waals surface area contributed by atoms with Crippen LogP contribution in [0.2, 0.25) is 0 Å². The monoisotopic (exact) mass is 193 g/mol. The Hall–Kier alpha value is -1.82. The normalized spacial score (nSPS) is 10.7. The molecule has 0 heteroatoms. The summed E-state index contributed by atoms with van der Waals surface area (Å²) in [5.74, 6) is 0. The Morgan fingerprint density at radius 2 is 1.53 bits per heavy atom. The summed E-state index contributed by atoms with van der Waals surface area (Å²) in [5.41, 5.74) is 3.68. The van der Waals surface area contributed by atoms with Gasteiger partial charge in [0, 0.05) is 0 Å². The molecule has 0 bridgehead atoms. The lowest BCUT2D eigenvalue weighted by molar-refractivity contribution is 1.60. The highest BCUT2D eigenvalue weighted by Gasteiger charge is 1.95. The molecule has 15 heavy (non-hydrogen) atoms. The van der Waals surface area contributed by atoms with Gasteiger partial charge in [-0.3, -0.25) is 0 Å². The van der Waals surface area contributed by atoms with Crippen molar-refractivity contribution in [3.8, 4) is 11.1 Å². The highest BCUT2D eigenvalue weighted by molar-refractivity contribution is 5.67. The molecule has 0 saturated heterocycles. The quantitative estimate of drug-likeness (QED) is 0.670. The smallest absolute Gasteiger partial charge is 0.0178 e. The van der Waals surface area contributed by atoms with E-state index >= 15 is 0 Å². The second-order valence-electron chi connectivity index (χ2n) is 3.39.